The van der Waals surface area contributed by atoms with Gasteiger partial charge in [0, 0.05) is 18.1 Å². The van der Waals surface area contributed by atoms with E-state index in [2.05, 4.69) is 20.2 Å². The van der Waals surface area contributed by atoms with Crippen molar-refractivity contribution in [3.63, 3.8) is 0 Å². The van der Waals surface area contributed by atoms with E-state index in [9.17, 15) is 9.18 Å². The van der Waals surface area contributed by atoms with Crippen molar-refractivity contribution in [3.8, 4) is 0 Å². The Balaban J connectivity index is 2.26. The van der Waals surface area contributed by atoms with Crippen LogP contribution in [0.5, 0.6) is 0 Å². The maximum atomic E-state index is 13.6. The Morgan fingerprint density at radius 1 is 1.50 bits per heavy atom. The van der Waals surface area contributed by atoms with Crippen LogP contribution < -0.4 is 10.6 Å². The summed E-state index contributed by atoms with van der Waals surface area (Å²) in [6.45, 7) is 2.37. The molecule has 18 heavy (non-hydrogen) atoms. The van der Waals surface area contributed by atoms with Gasteiger partial charge in [-0.1, -0.05) is 10.6 Å². The minimum atomic E-state index is -0.452. The van der Waals surface area contributed by atoms with Gasteiger partial charge in [-0.05, 0) is 19.1 Å². The van der Waals surface area contributed by atoms with Crippen molar-refractivity contribution in [3.05, 3.63) is 35.8 Å². The lowest BCUT2D eigenvalue weighted by atomic mass is 10.1. The monoisotopic (exact) mass is 266 g/mol. The lowest BCUT2D eigenvalue weighted by Gasteiger charge is -2.10. The summed E-state index contributed by atoms with van der Waals surface area (Å²) in [6.07, 6.45) is 1.44. The number of halogens is 1. The van der Waals surface area contributed by atoms with Crippen LogP contribution in [0.15, 0.2) is 24.4 Å². The molecule has 1 amide bonds. The third-order valence-corrected chi connectivity index (χ3v) is 2.79. The predicted molar refractivity (Wildman–Crippen MR) is 68.4 cm³/mol. The van der Waals surface area contributed by atoms with Gasteiger partial charge in [-0.3, -0.25) is 4.79 Å². The molecule has 0 unspecified atom stereocenters. The van der Waals surface area contributed by atoms with Crippen LogP contribution in [0, 0.1) is 5.82 Å². The number of para-hydroxylation sites is 1. The molecule has 0 aliphatic carbocycles. The number of carbonyl (C=O) groups excluding carboxylic acids is 1. The van der Waals surface area contributed by atoms with Gasteiger partial charge in [-0.2, -0.15) is 0 Å². The fourth-order valence-electron chi connectivity index (χ4n) is 1.47. The summed E-state index contributed by atoms with van der Waals surface area (Å²) in [7, 11) is 0. The van der Waals surface area contributed by atoms with E-state index in [1.807, 2.05) is 6.92 Å². The largest absolute Gasteiger partial charge is 0.382 e. The normalized spacial score (nSPS) is 10.1. The molecule has 0 saturated carbocycles. The fraction of sp³-hybridized carbons (Fsp3) is 0.182. The number of nitrogens with zero attached hydrogens (tertiary/aromatic N) is 2. The summed E-state index contributed by atoms with van der Waals surface area (Å²) < 4.78 is 17.2. The first kappa shape index (κ1) is 12.4. The van der Waals surface area contributed by atoms with E-state index < -0.39 is 11.7 Å². The molecule has 0 radical (unpaired) electrons. The van der Waals surface area contributed by atoms with Gasteiger partial charge in [-0.15, -0.1) is 5.10 Å². The van der Waals surface area contributed by atoms with Gasteiger partial charge in [0.25, 0.3) is 5.91 Å². The number of anilines is 2. The maximum Gasteiger partial charge on any atom is 0.258 e. The molecule has 0 atom stereocenters. The topological polar surface area (TPSA) is 66.9 Å². The van der Waals surface area contributed by atoms with Crippen LogP contribution in [0.3, 0.4) is 0 Å². The zero-order valence-electron chi connectivity index (χ0n) is 9.61. The van der Waals surface area contributed by atoms with E-state index in [1.54, 1.807) is 6.07 Å². The minimum absolute atomic E-state index is 0.204. The van der Waals surface area contributed by atoms with Gasteiger partial charge in [0.05, 0.1) is 17.4 Å². The molecule has 1 heterocycles. The number of carbonyl (C=O) groups is 1. The molecule has 0 spiro atoms. The van der Waals surface area contributed by atoms with Gasteiger partial charge in [0.2, 0.25) is 0 Å². The van der Waals surface area contributed by atoms with Crippen molar-refractivity contribution in [2.75, 3.05) is 17.2 Å². The van der Waals surface area contributed by atoms with Crippen molar-refractivity contribution in [1.29, 1.82) is 0 Å². The zero-order valence-corrected chi connectivity index (χ0v) is 10.4. The van der Waals surface area contributed by atoms with Gasteiger partial charge >= 0.3 is 0 Å². The van der Waals surface area contributed by atoms with Crippen molar-refractivity contribution in [2.24, 2.45) is 0 Å². The quantitative estimate of drug-likeness (QED) is 0.891. The van der Waals surface area contributed by atoms with E-state index in [0.29, 0.717) is 11.5 Å². The van der Waals surface area contributed by atoms with E-state index in [0.717, 1.165) is 11.5 Å². The van der Waals surface area contributed by atoms with Gasteiger partial charge in [0.15, 0.2) is 0 Å². The molecular weight excluding hydrogens is 255 g/mol. The lowest BCUT2D eigenvalue weighted by molar-refractivity contribution is 0.102. The summed E-state index contributed by atoms with van der Waals surface area (Å²) in [5.74, 6) is -0.844. The molecule has 2 rings (SSSR count). The lowest BCUT2D eigenvalue weighted by Crippen LogP contribution is -2.15. The highest BCUT2D eigenvalue weighted by atomic mass is 32.1. The number of hydrogen-bond acceptors (Lipinski definition) is 5. The number of hydrogen-bond donors (Lipinski definition) is 2. The highest BCUT2D eigenvalue weighted by Crippen LogP contribution is 2.21. The molecule has 2 aromatic rings. The SMILES string of the molecule is CCNc1c(F)cccc1C(=O)Nc1cnns1. The molecule has 0 bridgehead atoms. The van der Waals surface area contributed by atoms with Crippen LogP contribution in [0.25, 0.3) is 0 Å². The fourth-order valence-corrected chi connectivity index (χ4v) is 1.89. The molecule has 2 N–H and O–H groups in total. The third-order valence-electron chi connectivity index (χ3n) is 2.21. The average molecular weight is 266 g/mol. The first-order chi connectivity index (χ1) is 8.72. The van der Waals surface area contributed by atoms with Crippen LogP contribution in [-0.2, 0) is 0 Å². The van der Waals surface area contributed by atoms with E-state index in [1.165, 1.54) is 18.3 Å². The van der Waals surface area contributed by atoms with Gasteiger partial charge in [0.1, 0.15) is 10.8 Å². The molecule has 1 aromatic carbocycles. The second kappa shape index (κ2) is 5.54. The van der Waals surface area contributed by atoms with Crippen LogP contribution >= 0.6 is 11.5 Å². The zero-order chi connectivity index (χ0) is 13.0. The van der Waals surface area contributed by atoms with E-state index >= 15 is 0 Å². The van der Waals surface area contributed by atoms with Crippen molar-refractivity contribution in [1.82, 2.24) is 9.59 Å². The Hall–Kier alpha value is -2.02. The molecular formula is C11H11FN4OS. The summed E-state index contributed by atoms with van der Waals surface area (Å²) in [4.78, 5) is 12.0. The van der Waals surface area contributed by atoms with Crippen LogP contribution in [0.2, 0.25) is 0 Å². The van der Waals surface area contributed by atoms with Crippen molar-refractivity contribution < 1.29 is 9.18 Å². The van der Waals surface area contributed by atoms with Crippen LogP contribution in [0.1, 0.15) is 17.3 Å². The first-order valence-corrected chi connectivity index (χ1v) is 6.10. The standard InChI is InChI=1S/C11H11FN4OS/c1-2-13-10-7(4-3-5-8(10)12)11(17)15-9-6-14-16-18-9/h3-6,13H,2H2,1H3,(H,15,17). The number of nitrogens with one attached hydrogen (secondary N) is 2. The van der Waals surface area contributed by atoms with Gasteiger partial charge < -0.3 is 10.6 Å². The van der Waals surface area contributed by atoms with E-state index in [4.69, 9.17) is 0 Å². The van der Waals surface area contributed by atoms with Gasteiger partial charge in [-0.25, -0.2) is 4.39 Å². The number of benzene rings is 1. The van der Waals surface area contributed by atoms with E-state index in [-0.39, 0.29) is 11.3 Å². The summed E-state index contributed by atoms with van der Waals surface area (Å²) >= 11 is 1.06. The molecule has 7 heteroatoms. The first-order valence-electron chi connectivity index (χ1n) is 5.33. The highest BCUT2D eigenvalue weighted by Gasteiger charge is 2.15. The predicted octanol–water partition coefficient (Wildman–Crippen LogP) is 2.36. The highest BCUT2D eigenvalue weighted by molar-refractivity contribution is 7.10. The molecule has 0 aliphatic heterocycles. The number of rotatable bonds is 4. The van der Waals surface area contributed by atoms with Crippen LogP contribution in [-0.4, -0.2) is 22.0 Å². The number of amides is 1. The Morgan fingerprint density at radius 2 is 2.33 bits per heavy atom. The molecule has 0 aliphatic rings. The van der Waals surface area contributed by atoms with Crippen LogP contribution in [0.4, 0.5) is 15.1 Å². The smallest absolute Gasteiger partial charge is 0.258 e. The third kappa shape index (κ3) is 2.62. The Labute approximate surface area is 107 Å². The summed E-state index contributed by atoms with van der Waals surface area (Å²) in [5.41, 5.74) is 0.459. The number of aromatic nitrogens is 2. The van der Waals surface area contributed by atoms with Crippen molar-refractivity contribution >= 4 is 28.1 Å². The summed E-state index contributed by atoms with van der Waals surface area (Å²) in [6, 6.07) is 4.36. The molecule has 0 fully saturated rings. The minimum Gasteiger partial charge on any atom is -0.382 e. The summed E-state index contributed by atoms with van der Waals surface area (Å²) in [5, 5.41) is 9.58. The maximum absolute atomic E-state index is 13.6. The second-order valence-electron chi connectivity index (χ2n) is 3.43. The molecule has 0 saturated heterocycles. The molecule has 1 aromatic heterocycles. The Kier molecular flexibility index (Phi) is 3.83. The second-order valence-corrected chi connectivity index (χ2v) is 4.21. The average Bonchev–Trinajstić information content (AvgIpc) is 2.84. The molecule has 94 valence electrons. The molecule has 5 nitrogen and oxygen atoms in total. The Morgan fingerprint density at radius 3 is 3.00 bits per heavy atom. The van der Waals surface area contributed by atoms with Crippen molar-refractivity contribution in [2.45, 2.75) is 6.92 Å². The Bertz CT molecular complexity index is 544.